The van der Waals surface area contributed by atoms with Gasteiger partial charge in [-0.25, -0.2) is 0 Å². The van der Waals surface area contributed by atoms with Gasteiger partial charge in [-0.05, 0) is 94.0 Å². The van der Waals surface area contributed by atoms with E-state index < -0.39 is 0 Å². The fourth-order valence-corrected chi connectivity index (χ4v) is 17.5. The van der Waals surface area contributed by atoms with Crippen LogP contribution in [0.3, 0.4) is 0 Å². The second kappa shape index (κ2) is 30.7. The Morgan fingerprint density at radius 1 is 0.519 bits per heavy atom. The van der Waals surface area contributed by atoms with Crippen molar-refractivity contribution < 1.29 is 23.8 Å². The van der Waals surface area contributed by atoms with Crippen LogP contribution in [0.5, 0.6) is 11.5 Å². The van der Waals surface area contributed by atoms with Crippen molar-refractivity contribution in [1.82, 2.24) is 15.1 Å². The number of hydrogen-bond acceptors (Lipinski definition) is 12. The average molecular weight is 1190 g/mol. The molecule has 7 aromatic rings. The number of thiophene rings is 5. The van der Waals surface area contributed by atoms with Crippen LogP contribution in [0.2, 0.25) is 0 Å². The molecule has 2 unspecified atom stereocenters. The standard InChI is InChI=1S/C68H91N3O5S5/c1-7-11-14-17-20-22-23-25-28-31-38-74-44-68(10-4)45-75-62-63(76-46-68)65(59-42-58-57(80-59)39-48(6)78-58)81-64(62)56-37-36-55(79-56)61-51-41-53-52(40-50(51)60(69-70-61)54-35-34-47(5)77-54)66(72)71(67(53)73)43-49(32-29-26-19-16-13-9-3)33-30-27-24-21-18-15-12-8-2/h34-37,39-42,49H,7-33,38,43-46H2,1-6H3. The highest BCUT2D eigenvalue weighted by Gasteiger charge is 2.40. The first-order chi connectivity index (χ1) is 39.6. The van der Waals surface area contributed by atoms with Gasteiger partial charge in [-0.1, -0.05) is 175 Å². The minimum Gasteiger partial charge on any atom is -0.487 e. The normalized spacial score (nSPS) is 15.7. The summed E-state index contributed by atoms with van der Waals surface area (Å²) in [4.78, 5) is 39.7. The summed E-state index contributed by atoms with van der Waals surface area (Å²) in [5.41, 5.74) is 2.09. The maximum Gasteiger partial charge on any atom is 0.261 e. The Bertz CT molecular complexity index is 3090. The lowest BCUT2D eigenvalue weighted by Gasteiger charge is -2.29. The molecular formula is C68H91N3O5S5. The first kappa shape index (κ1) is 61.6. The zero-order chi connectivity index (χ0) is 56.6. The van der Waals surface area contributed by atoms with E-state index in [1.54, 1.807) is 38.9 Å². The summed E-state index contributed by atoms with van der Waals surface area (Å²) in [7, 11) is 0. The van der Waals surface area contributed by atoms with Gasteiger partial charge in [-0.3, -0.25) is 14.5 Å². The third-order valence-corrected chi connectivity index (χ3v) is 22.8. The van der Waals surface area contributed by atoms with Gasteiger partial charge < -0.3 is 14.2 Å². The van der Waals surface area contributed by atoms with E-state index in [9.17, 15) is 9.59 Å². The molecule has 8 heterocycles. The molecule has 0 N–H and O–H groups in total. The predicted molar refractivity (Wildman–Crippen MR) is 348 cm³/mol. The maximum atomic E-state index is 14.7. The second-order valence-corrected chi connectivity index (χ2v) is 29.4. The molecule has 438 valence electrons. The van der Waals surface area contributed by atoms with Gasteiger partial charge in [0.2, 0.25) is 0 Å². The Hall–Kier alpha value is -3.98. The van der Waals surface area contributed by atoms with Crippen molar-refractivity contribution in [2.75, 3.05) is 33.0 Å². The van der Waals surface area contributed by atoms with E-state index in [1.165, 1.54) is 159 Å². The third kappa shape index (κ3) is 15.7. The average Bonchev–Trinajstić information content (AvgIpc) is 4.47. The molecule has 0 saturated heterocycles. The van der Waals surface area contributed by atoms with Gasteiger partial charge in [0.15, 0.2) is 11.5 Å². The van der Waals surface area contributed by atoms with Gasteiger partial charge in [0, 0.05) is 48.0 Å². The lowest BCUT2D eigenvalue weighted by molar-refractivity contribution is -0.00812. The summed E-state index contributed by atoms with van der Waals surface area (Å²) in [6.07, 6.45) is 33.5. The molecule has 6 aromatic heterocycles. The maximum absolute atomic E-state index is 14.7. The van der Waals surface area contributed by atoms with Crippen LogP contribution in [-0.4, -0.2) is 59.9 Å². The SMILES string of the molecule is CCCCCCCCCCCCOCC1(CC)COc2c(-c3ccc(-c4nnc(-c5ccc(C)s5)c5cc6c(cc45)C(=O)N(CC(CCCCCCCC)CCCCCCCCCC)C6=O)s3)sc(-c3cc4sc(C)cc4s3)c2OC1. The second-order valence-electron chi connectivity index (χ2n) is 23.6. The van der Waals surface area contributed by atoms with Gasteiger partial charge in [-0.2, -0.15) is 0 Å². The number of ether oxygens (including phenoxy) is 3. The number of fused-ring (bicyclic) bond motifs is 4. The molecule has 0 spiro atoms. The van der Waals surface area contributed by atoms with Crippen LogP contribution < -0.4 is 9.47 Å². The summed E-state index contributed by atoms with van der Waals surface area (Å²) >= 11 is 8.72. The fourth-order valence-electron chi connectivity index (χ4n) is 11.9. The Morgan fingerprint density at radius 3 is 1.52 bits per heavy atom. The van der Waals surface area contributed by atoms with Crippen LogP contribution in [0, 0.1) is 25.2 Å². The van der Waals surface area contributed by atoms with Gasteiger partial charge in [0.25, 0.3) is 11.8 Å². The highest BCUT2D eigenvalue weighted by Crippen LogP contribution is 2.58. The molecule has 0 aliphatic carbocycles. The first-order valence-electron chi connectivity index (χ1n) is 31.5. The summed E-state index contributed by atoms with van der Waals surface area (Å²) in [5, 5.41) is 11.6. The van der Waals surface area contributed by atoms with E-state index >= 15 is 0 Å². The monoisotopic (exact) mass is 1190 g/mol. The highest BCUT2D eigenvalue weighted by molar-refractivity contribution is 7.32. The number of unbranched alkanes of at least 4 members (excludes halogenated alkanes) is 21. The molecule has 0 saturated carbocycles. The van der Waals surface area contributed by atoms with E-state index in [1.807, 2.05) is 34.8 Å². The molecule has 0 bridgehead atoms. The predicted octanol–water partition coefficient (Wildman–Crippen LogP) is 22.0. The quantitative estimate of drug-likeness (QED) is 0.0285. The number of benzene rings is 1. The van der Waals surface area contributed by atoms with Crippen molar-refractivity contribution in [3.05, 3.63) is 69.4 Å². The topological polar surface area (TPSA) is 90.9 Å². The molecule has 0 fully saturated rings. The number of carbonyl (C=O) groups is 2. The number of nitrogens with zero attached hydrogens (tertiary/aromatic N) is 3. The summed E-state index contributed by atoms with van der Waals surface area (Å²) in [6.45, 7) is 16.2. The van der Waals surface area contributed by atoms with Crippen LogP contribution in [0.15, 0.2) is 48.5 Å². The van der Waals surface area contributed by atoms with Crippen LogP contribution in [0.25, 0.3) is 60.8 Å². The number of carbonyl (C=O) groups excluding carboxylic acids is 2. The molecule has 0 radical (unpaired) electrons. The minimum absolute atomic E-state index is 0.185. The van der Waals surface area contributed by atoms with Crippen LogP contribution in [0.1, 0.15) is 232 Å². The van der Waals surface area contributed by atoms with E-state index in [-0.39, 0.29) is 23.1 Å². The van der Waals surface area contributed by atoms with Crippen molar-refractivity contribution in [1.29, 1.82) is 0 Å². The molecule has 2 aliphatic heterocycles. The van der Waals surface area contributed by atoms with Crippen molar-refractivity contribution >= 4 is 88.7 Å². The Kier molecular flexibility index (Phi) is 23.4. The number of aromatic nitrogens is 2. The Morgan fingerprint density at radius 2 is 1.00 bits per heavy atom. The fraction of sp³-hybridized carbons (Fsp3) is 0.588. The lowest BCUT2D eigenvalue weighted by Crippen LogP contribution is -2.37. The summed E-state index contributed by atoms with van der Waals surface area (Å²) in [5.74, 6) is 1.52. The molecule has 9 rings (SSSR count). The number of amides is 2. The third-order valence-electron chi connectivity index (χ3n) is 17.0. The van der Waals surface area contributed by atoms with E-state index in [0.29, 0.717) is 43.2 Å². The number of hydrogen-bond donors (Lipinski definition) is 0. The molecule has 13 heteroatoms. The first-order valence-corrected chi connectivity index (χ1v) is 35.6. The van der Waals surface area contributed by atoms with Crippen molar-refractivity contribution in [3.63, 3.8) is 0 Å². The minimum atomic E-state index is -0.286. The largest absolute Gasteiger partial charge is 0.487 e. The van der Waals surface area contributed by atoms with Gasteiger partial charge in [-0.15, -0.1) is 66.9 Å². The lowest BCUT2D eigenvalue weighted by atomic mass is 9.88. The van der Waals surface area contributed by atoms with Gasteiger partial charge in [0.05, 0.1) is 60.7 Å². The van der Waals surface area contributed by atoms with Gasteiger partial charge in [0.1, 0.15) is 11.4 Å². The van der Waals surface area contributed by atoms with Crippen LogP contribution in [-0.2, 0) is 4.74 Å². The van der Waals surface area contributed by atoms with Crippen LogP contribution in [0.4, 0.5) is 0 Å². The molecular weight excluding hydrogens is 1100 g/mol. The highest BCUT2D eigenvalue weighted by atomic mass is 32.1. The molecule has 8 nitrogen and oxygen atoms in total. The summed E-state index contributed by atoms with van der Waals surface area (Å²) in [6, 6.07) is 17.0. The van der Waals surface area contributed by atoms with E-state index in [0.717, 1.165) is 97.5 Å². The van der Waals surface area contributed by atoms with Crippen LogP contribution >= 0.6 is 56.7 Å². The molecule has 2 atom stereocenters. The number of rotatable bonds is 36. The van der Waals surface area contributed by atoms with E-state index in [4.69, 9.17) is 24.4 Å². The van der Waals surface area contributed by atoms with Crippen molar-refractivity contribution in [2.45, 2.75) is 215 Å². The summed E-state index contributed by atoms with van der Waals surface area (Å²) < 4.78 is 23.1. The number of aryl methyl sites for hydroxylation is 2. The van der Waals surface area contributed by atoms with Gasteiger partial charge >= 0.3 is 0 Å². The molecule has 1 aromatic carbocycles. The smallest absolute Gasteiger partial charge is 0.261 e. The van der Waals surface area contributed by atoms with E-state index in [2.05, 4.69) is 77.9 Å². The Labute approximate surface area is 504 Å². The number of imide groups is 1. The zero-order valence-electron chi connectivity index (χ0n) is 49.7. The van der Waals surface area contributed by atoms with Crippen molar-refractivity contribution in [2.24, 2.45) is 11.3 Å². The molecule has 2 amide bonds. The Balaban J connectivity index is 0.969. The molecule has 81 heavy (non-hydrogen) atoms. The van der Waals surface area contributed by atoms with Crippen molar-refractivity contribution in [3.8, 4) is 52.1 Å². The zero-order valence-corrected chi connectivity index (χ0v) is 53.8. The molecule has 2 aliphatic rings.